The predicted octanol–water partition coefficient (Wildman–Crippen LogP) is 2.70. The van der Waals surface area contributed by atoms with Crippen LogP contribution in [0.2, 0.25) is 0 Å². The predicted molar refractivity (Wildman–Crippen MR) is 102 cm³/mol. The quantitative estimate of drug-likeness (QED) is 0.818. The molecule has 0 bridgehead atoms. The normalized spacial score (nSPS) is 20.3. The standard InChI is InChI=1S/C20H31N3O3/c1-25-19-8-4-3-7-17(19)18(23-11-5-2-6-12-23)15-21-20(24)22-16-9-13-26-14-10-16/h3-4,7-8,16,18H,2,5-6,9-15H2,1H3,(H2,21,22,24). The highest BCUT2D eigenvalue weighted by molar-refractivity contribution is 5.74. The summed E-state index contributed by atoms with van der Waals surface area (Å²) in [4.78, 5) is 14.8. The molecule has 26 heavy (non-hydrogen) atoms. The lowest BCUT2D eigenvalue weighted by atomic mass is 10.0. The molecule has 1 atom stereocenters. The Bertz CT molecular complexity index is 569. The van der Waals surface area contributed by atoms with Crippen molar-refractivity contribution in [2.24, 2.45) is 0 Å². The third-order valence-electron chi connectivity index (χ3n) is 5.34. The van der Waals surface area contributed by atoms with E-state index in [0.29, 0.717) is 6.54 Å². The van der Waals surface area contributed by atoms with E-state index < -0.39 is 0 Å². The van der Waals surface area contributed by atoms with Crippen LogP contribution in [0.5, 0.6) is 5.75 Å². The van der Waals surface area contributed by atoms with Gasteiger partial charge < -0.3 is 20.1 Å². The van der Waals surface area contributed by atoms with E-state index in [2.05, 4.69) is 21.6 Å². The molecule has 0 aromatic heterocycles. The molecule has 2 aliphatic heterocycles. The first-order valence-electron chi connectivity index (χ1n) is 9.77. The molecule has 3 rings (SSSR count). The molecule has 144 valence electrons. The number of hydrogen-bond donors (Lipinski definition) is 2. The third-order valence-corrected chi connectivity index (χ3v) is 5.34. The molecule has 2 N–H and O–H groups in total. The minimum atomic E-state index is -0.0891. The van der Waals surface area contributed by atoms with Gasteiger partial charge in [0.15, 0.2) is 0 Å². The first-order chi connectivity index (χ1) is 12.8. The Labute approximate surface area is 156 Å². The Hall–Kier alpha value is -1.79. The molecule has 0 radical (unpaired) electrons. The van der Waals surface area contributed by atoms with Gasteiger partial charge in [-0.05, 0) is 44.8 Å². The Kier molecular flexibility index (Phi) is 7.14. The van der Waals surface area contributed by atoms with Crippen molar-refractivity contribution in [3.05, 3.63) is 29.8 Å². The highest BCUT2D eigenvalue weighted by Crippen LogP contribution is 2.30. The van der Waals surface area contributed by atoms with Crippen molar-refractivity contribution in [2.75, 3.05) is 40.0 Å². The fourth-order valence-electron chi connectivity index (χ4n) is 3.88. The van der Waals surface area contributed by atoms with Gasteiger partial charge in [0.1, 0.15) is 5.75 Å². The molecule has 1 aromatic rings. The van der Waals surface area contributed by atoms with Crippen LogP contribution in [0, 0.1) is 0 Å². The maximum atomic E-state index is 12.4. The minimum absolute atomic E-state index is 0.0891. The van der Waals surface area contributed by atoms with E-state index in [-0.39, 0.29) is 18.1 Å². The van der Waals surface area contributed by atoms with Gasteiger partial charge in [0.2, 0.25) is 0 Å². The van der Waals surface area contributed by atoms with Gasteiger partial charge in [0.25, 0.3) is 0 Å². The fraction of sp³-hybridized carbons (Fsp3) is 0.650. The van der Waals surface area contributed by atoms with Gasteiger partial charge in [-0.1, -0.05) is 24.6 Å². The second kappa shape index (κ2) is 9.78. The van der Waals surface area contributed by atoms with E-state index in [1.54, 1.807) is 7.11 Å². The number of para-hydroxylation sites is 1. The van der Waals surface area contributed by atoms with Crippen molar-refractivity contribution >= 4 is 6.03 Å². The highest BCUT2D eigenvalue weighted by Gasteiger charge is 2.25. The lowest BCUT2D eigenvalue weighted by Crippen LogP contribution is -2.47. The summed E-state index contributed by atoms with van der Waals surface area (Å²) in [6.45, 7) is 4.15. The van der Waals surface area contributed by atoms with E-state index >= 15 is 0 Å². The highest BCUT2D eigenvalue weighted by atomic mass is 16.5. The monoisotopic (exact) mass is 361 g/mol. The summed E-state index contributed by atoms with van der Waals surface area (Å²) in [6, 6.07) is 8.38. The summed E-state index contributed by atoms with van der Waals surface area (Å²) < 4.78 is 10.9. The van der Waals surface area contributed by atoms with E-state index in [1.807, 2.05) is 18.2 Å². The number of carbonyl (C=O) groups excluding carboxylic acids is 1. The zero-order chi connectivity index (χ0) is 18.2. The second-order valence-corrected chi connectivity index (χ2v) is 7.10. The van der Waals surface area contributed by atoms with Crippen molar-refractivity contribution in [2.45, 2.75) is 44.2 Å². The molecule has 6 heteroatoms. The van der Waals surface area contributed by atoms with E-state index in [9.17, 15) is 4.79 Å². The Morgan fingerprint density at radius 2 is 1.96 bits per heavy atom. The minimum Gasteiger partial charge on any atom is -0.496 e. The first-order valence-corrected chi connectivity index (χ1v) is 9.77. The van der Waals surface area contributed by atoms with Crippen LogP contribution < -0.4 is 15.4 Å². The van der Waals surface area contributed by atoms with Crippen LogP contribution in [0.1, 0.15) is 43.7 Å². The van der Waals surface area contributed by atoms with E-state index in [4.69, 9.17) is 9.47 Å². The second-order valence-electron chi connectivity index (χ2n) is 7.10. The number of carbonyl (C=O) groups is 1. The van der Waals surface area contributed by atoms with Crippen LogP contribution in [0.4, 0.5) is 4.79 Å². The molecule has 2 fully saturated rings. The molecule has 2 amide bonds. The van der Waals surface area contributed by atoms with Crippen molar-refractivity contribution in [3.63, 3.8) is 0 Å². The SMILES string of the molecule is COc1ccccc1C(CNC(=O)NC1CCOCC1)N1CCCCC1. The Balaban J connectivity index is 1.64. The third kappa shape index (κ3) is 5.11. The fourth-order valence-corrected chi connectivity index (χ4v) is 3.88. The topological polar surface area (TPSA) is 62.8 Å². The number of urea groups is 1. The number of ether oxygens (including phenoxy) is 2. The zero-order valence-corrected chi connectivity index (χ0v) is 15.7. The molecule has 2 heterocycles. The smallest absolute Gasteiger partial charge is 0.315 e. The molecule has 2 aliphatic rings. The number of nitrogens with zero attached hydrogens (tertiary/aromatic N) is 1. The average Bonchev–Trinajstić information content (AvgIpc) is 2.70. The van der Waals surface area contributed by atoms with Gasteiger partial charge in [0, 0.05) is 31.4 Å². The van der Waals surface area contributed by atoms with Crippen LogP contribution in [0.25, 0.3) is 0 Å². The molecule has 1 unspecified atom stereocenters. The molecule has 0 saturated carbocycles. The average molecular weight is 361 g/mol. The number of likely N-dealkylation sites (tertiary alicyclic amines) is 1. The van der Waals surface area contributed by atoms with Gasteiger partial charge in [-0.3, -0.25) is 4.90 Å². The molecule has 6 nitrogen and oxygen atoms in total. The molecule has 0 aliphatic carbocycles. The number of piperidine rings is 1. The lowest BCUT2D eigenvalue weighted by Gasteiger charge is -2.35. The molecule has 0 spiro atoms. The molecule has 2 saturated heterocycles. The number of hydrogen-bond acceptors (Lipinski definition) is 4. The van der Waals surface area contributed by atoms with Crippen LogP contribution in [-0.2, 0) is 4.74 Å². The molecular weight excluding hydrogens is 330 g/mol. The number of rotatable bonds is 6. The van der Waals surface area contributed by atoms with Crippen LogP contribution >= 0.6 is 0 Å². The summed E-state index contributed by atoms with van der Waals surface area (Å²) in [5.74, 6) is 0.884. The van der Waals surface area contributed by atoms with Gasteiger partial charge in [-0.15, -0.1) is 0 Å². The maximum absolute atomic E-state index is 12.4. The number of methoxy groups -OCH3 is 1. The largest absolute Gasteiger partial charge is 0.496 e. The molecule has 1 aromatic carbocycles. The van der Waals surface area contributed by atoms with Crippen LogP contribution in [0.15, 0.2) is 24.3 Å². The van der Waals surface area contributed by atoms with Crippen LogP contribution in [0.3, 0.4) is 0 Å². The van der Waals surface area contributed by atoms with Gasteiger partial charge in [-0.25, -0.2) is 4.79 Å². The van der Waals surface area contributed by atoms with E-state index in [1.165, 1.54) is 19.3 Å². The summed E-state index contributed by atoms with van der Waals surface area (Å²) in [6.07, 6.45) is 5.47. The molecular formula is C20H31N3O3. The van der Waals surface area contributed by atoms with Gasteiger partial charge in [0.05, 0.1) is 13.2 Å². The lowest BCUT2D eigenvalue weighted by molar-refractivity contribution is 0.0799. The first kappa shape index (κ1) is 19.0. The van der Waals surface area contributed by atoms with Gasteiger partial charge in [-0.2, -0.15) is 0 Å². The summed E-state index contributed by atoms with van der Waals surface area (Å²) >= 11 is 0. The zero-order valence-electron chi connectivity index (χ0n) is 15.7. The van der Waals surface area contributed by atoms with Crippen molar-refractivity contribution in [1.82, 2.24) is 15.5 Å². The van der Waals surface area contributed by atoms with Crippen LogP contribution in [-0.4, -0.2) is 56.9 Å². The number of amides is 2. The maximum Gasteiger partial charge on any atom is 0.315 e. The van der Waals surface area contributed by atoms with E-state index in [0.717, 1.165) is 50.5 Å². The van der Waals surface area contributed by atoms with Crippen molar-refractivity contribution < 1.29 is 14.3 Å². The van der Waals surface area contributed by atoms with Crippen molar-refractivity contribution in [1.29, 1.82) is 0 Å². The Morgan fingerprint density at radius 1 is 1.23 bits per heavy atom. The summed E-state index contributed by atoms with van der Waals surface area (Å²) in [7, 11) is 1.71. The number of nitrogens with one attached hydrogen (secondary N) is 2. The number of benzene rings is 1. The van der Waals surface area contributed by atoms with Crippen molar-refractivity contribution in [3.8, 4) is 5.75 Å². The van der Waals surface area contributed by atoms with Gasteiger partial charge >= 0.3 is 6.03 Å². The summed E-state index contributed by atoms with van der Waals surface area (Å²) in [5, 5.41) is 6.17. The Morgan fingerprint density at radius 3 is 2.69 bits per heavy atom. The summed E-state index contributed by atoms with van der Waals surface area (Å²) in [5.41, 5.74) is 1.14.